The zero-order valence-corrected chi connectivity index (χ0v) is 14.6. The molecule has 3 aromatic rings. The molecule has 0 radical (unpaired) electrons. The van der Waals surface area contributed by atoms with Crippen molar-refractivity contribution in [2.24, 2.45) is 0 Å². The molecule has 140 valence electrons. The summed E-state index contributed by atoms with van der Waals surface area (Å²) >= 11 is 0. The van der Waals surface area contributed by atoms with Gasteiger partial charge in [0.1, 0.15) is 0 Å². The van der Waals surface area contributed by atoms with Gasteiger partial charge in [-0.15, -0.1) is 0 Å². The van der Waals surface area contributed by atoms with Gasteiger partial charge in [0.2, 0.25) is 11.7 Å². The number of aromatic nitrogens is 1. The lowest BCUT2D eigenvalue weighted by atomic mass is 10.1. The predicted octanol–water partition coefficient (Wildman–Crippen LogP) is 4.25. The summed E-state index contributed by atoms with van der Waals surface area (Å²) in [7, 11) is 0. The Labute approximate surface area is 159 Å². The number of nitrogens with one attached hydrogen (secondary N) is 1. The fourth-order valence-corrected chi connectivity index (χ4v) is 2.84. The van der Waals surface area contributed by atoms with Crippen molar-refractivity contribution in [1.29, 1.82) is 5.26 Å². The number of fused-ring (bicyclic) bond motifs is 1. The van der Waals surface area contributed by atoms with Crippen molar-refractivity contribution in [2.45, 2.75) is 13.0 Å². The average molecular weight is 378 g/mol. The molecular formula is C20H15FN4O3. The Bertz CT molecular complexity index is 1130. The van der Waals surface area contributed by atoms with Gasteiger partial charge in [-0.05, 0) is 24.3 Å². The summed E-state index contributed by atoms with van der Waals surface area (Å²) < 4.78 is 15.3. The maximum Gasteiger partial charge on any atom is 0.306 e. The van der Waals surface area contributed by atoms with E-state index in [2.05, 4.69) is 11.4 Å². The van der Waals surface area contributed by atoms with Gasteiger partial charge in [0.25, 0.3) is 0 Å². The van der Waals surface area contributed by atoms with Crippen molar-refractivity contribution in [3.8, 4) is 6.07 Å². The minimum atomic E-state index is -0.969. The van der Waals surface area contributed by atoms with Crippen molar-refractivity contribution in [3.63, 3.8) is 0 Å². The van der Waals surface area contributed by atoms with Crippen LogP contribution in [0.4, 0.5) is 15.8 Å². The lowest BCUT2D eigenvalue weighted by Gasteiger charge is -2.02. The fourth-order valence-electron chi connectivity index (χ4n) is 2.84. The van der Waals surface area contributed by atoms with Gasteiger partial charge < -0.3 is 9.88 Å². The van der Waals surface area contributed by atoms with Gasteiger partial charge in [-0.25, -0.2) is 0 Å². The molecule has 0 saturated heterocycles. The average Bonchev–Trinajstić information content (AvgIpc) is 3.04. The quantitative estimate of drug-likeness (QED) is 0.393. The maximum absolute atomic E-state index is 13.4. The molecule has 1 N–H and O–H groups in total. The first kappa shape index (κ1) is 18.8. The number of hydrogen-bond donors (Lipinski definition) is 1. The molecule has 1 amide bonds. The van der Waals surface area contributed by atoms with Gasteiger partial charge in [0.15, 0.2) is 0 Å². The van der Waals surface area contributed by atoms with Crippen molar-refractivity contribution in [3.05, 3.63) is 76.2 Å². The number of nitro groups is 1. The Morgan fingerprint density at radius 1 is 1.32 bits per heavy atom. The van der Waals surface area contributed by atoms with E-state index in [1.807, 2.05) is 35.0 Å². The number of nitriles is 1. The van der Waals surface area contributed by atoms with Crippen LogP contribution in [-0.4, -0.2) is 15.4 Å². The number of carbonyl (C=O) groups excluding carboxylic acids is 1. The van der Waals surface area contributed by atoms with Crippen molar-refractivity contribution in [2.75, 3.05) is 5.32 Å². The zero-order chi connectivity index (χ0) is 20.1. The van der Waals surface area contributed by atoms with Crippen LogP contribution in [0, 0.1) is 27.3 Å². The van der Waals surface area contributed by atoms with E-state index in [-0.39, 0.29) is 5.69 Å². The Hall–Kier alpha value is -3.99. The van der Waals surface area contributed by atoms with Crippen LogP contribution in [0.2, 0.25) is 0 Å². The second-order valence-corrected chi connectivity index (χ2v) is 5.95. The number of nitro benzene ring substituents is 1. The molecule has 1 heterocycles. The topological polar surface area (TPSA) is 101 Å². The standard InChI is InChI=1S/C20H15FN4O3/c21-17-8-7-15(12-19(17)25(27)28)23-20(26)9-6-14-13-24(11-3-10-22)18-5-2-1-4-16(14)18/h1-2,4-9,12-13H,3,11H2,(H,23,26). The minimum absolute atomic E-state index is 0.124. The Morgan fingerprint density at radius 3 is 2.86 bits per heavy atom. The number of aryl methyl sites for hydroxylation is 1. The van der Waals surface area contributed by atoms with E-state index < -0.39 is 22.3 Å². The molecule has 28 heavy (non-hydrogen) atoms. The van der Waals surface area contributed by atoms with E-state index in [9.17, 15) is 19.3 Å². The summed E-state index contributed by atoms with van der Waals surface area (Å²) in [6, 6.07) is 12.9. The van der Waals surface area contributed by atoms with Gasteiger partial charge in [0.05, 0.1) is 17.4 Å². The Morgan fingerprint density at radius 2 is 2.11 bits per heavy atom. The number of anilines is 1. The number of benzene rings is 2. The summed E-state index contributed by atoms with van der Waals surface area (Å²) in [6.45, 7) is 0.538. The smallest absolute Gasteiger partial charge is 0.306 e. The van der Waals surface area contributed by atoms with E-state index in [1.54, 1.807) is 6.08 Å². The van der Waals surface area contributed by atoms with Gasteiger partial charge >= 0.3 is 5.69 Å². The highest BCUT2D eigenvalue weighted by atomic mass is 19.1. The fraction of sp³-hybridized carbons (Fsp3) is 0.100. The number of nitrogens with zero attached hydrogens (tertiary/aromatic N) is 3. The summed E-state index contributed by atoms with van der Waals surface area (Å²) in [5, 5.41) is 23.0. The second kappa shape index (κ2) is 8.14. The zero-order valence-electron chi connectivity index (χ0n) is 14.6. The summed E-state index contributed by atoms with van der Waals surface area (Å²) in [6.07, 6.45) is 5.14. The van der Waals surface area contributed by atoms with Crippen molar-refractivity contribution in [1.82, 2.24) is 4.57 Å². The predicted molar refractivity (Wildman–Crippen MR) is 103 cm³/mol. The molecule has 3 rings (SSSR count). The van der Waals surface area contributed by atoms with Gasteiger partial charge in [-0.1, -0.05) is 18.2 Å². The molecule has 1 aromatic heterocycles. The molecule has 8 heteroatoms. The van der Waals surface area contributed by atoms with Gasteiger partial charge in [-0.3, -0.25) is 14.9 Å². The Balaban J connectivity index is 1.80. The largest absolute Gasteiger partial charge is 0.346 e. The lowest BCUT2D eigenvalue weighted by molar-refractivity contribution is -0.387. The van der Waals surface area contributed by atoms with Crippen LogP contribution >= 0.6 is 0 Å². The van der Waals surface area contributed by atoms with E-state index in [0.29, 0.717) is 13.0 Å². The molecule has 0 aliphatic carbocycles. The summed E-state index contributed by atoms with van der Waals surface area (Å²) in [5.41, 5.74) is 1.17. The third-order valence-electron chi connectivity index (χ3n) is 4.11. The summed E-state index contributed by atoms with van der Waals surface area (Å²) in [4.78, 5) is 22.1. The molecule has 0 fully saturated rings. The van der Waals surface area contributed by atoms with Crippen LogP contribution < -0.4 is 5.32 Å². The first-order chi connectivity index (χ1) is 13.5. The second-order valence-electron chi connectivity index (χ2n) is 5.95. The molecule has 0 saturated carbocycles. The third kappa shape index (κ3) is 4.04. The van der Waals surface area contributed by atoms with Crippen LogP contribution in [0.1, 0.15) is 12.0 Å². The monoisotopic (exact) mass is 378 g/mol. The molecular weight excluding hydrogens is 363 g/mol. The summed E-state index contributed by atoms with van der Waals surface area (Å²) in [5.74, 6) is -1.47. The number of halogens is 1. The molecule has 0 spiro atoms. The molecule has 0 atom stereocenters. The van der Waals surface area contributed by atoms with Crippen LogP contribution in [0.3, 0.4) is 0 Å². The maximum atomic E-state index is 13.4. The van der Waals surface area contributed by atoms with Gasteiger partial charge in [0, 0.05) is 47.0 Å². The molecule has 0 aliphatic rings. The molecule has 0 aliphatic heterocycles. The van der Waals surface area contributed by atoms with Crippen LogP contribution in [0.15, 0.2) is 54.7 Å². The highest BCUT2D eigenvalue weighted by Gasteiger charge is 2.15. The Kier molecular flexibility index (Phi) is 5.46. The van der Waals surface area contributed by atoms with Gasteiger partial charge in [-0.2, -0.15) is 9.65 Å². The van der Waals surface area contributed by atoms with E-state index in [0.717, 1.165) is 28.6 Å². The third-order valence-corrected chi connectivity index (χ3v) is 4.11. The van der Waals surface area contributed by atoms with Crippen molar-refractivity contribution < 1.29 is 14.1 Å². The molecule has 0 unspecified atom stereocenters. The highest BCUT2D eigenvalue weighted by Crippen LogP contribution is 2.24. The van der Waals surface area contributed by atoms with E-state index in [1.165, 1.54) is 12.1 Å². The van der Waals surface area contributed by atoms with Crippen LogP contribution in [0.5, 0.6) is 0 Å². The molecule has 0 bridgehead atoms. The molecule has 2 aromatic carbocycles. The van der Waals surface area contributed by atoms with Crippen LogP contribution in [0.25, 0.3) is 17.0 Å². The number of rotatable bonds is 6. The van der Waals surface area contributed by atoms with E-state index >= 15 is 0 Å². The first-order valence-electron chi connectivity index (χ1n) is 8.37. The number of hydrogen-bond acceptors (Lipinski definition) is 4. The number of amides is 1. The number of carbonyl (C=O) groups is 1. The molecule has 7 nitrogen and oxygen atoms in total. The minimum Gasteiger partial charge on any atom is -0.346 e. The lowest BCUT2D eigenvalue weighted by Crippen LogP contribution is -2.08. The van der Waals surface area contributed by atoms with E-state index in [4.69, 9.17) is 5.26 Å². The van der Waals surface area contributed by atoms with Crippen LogP contribution in [-0.2, 0) is 11.3 Å². The highest BCUT2D eigenvalue weighted by molar-refractivity contribution is 6.03. The first-order valence-corrected chi connectivity index (χ1v) is 8.37. The normalized spacial score (nSPS) is 10.9. The SMILES string of the molecule is N#CCCn1cc(C=CC(=O)Nc2ccc(F)c([N+](=O)[O-])c2)c2ccccc21. The number of para-hydroxylation sites is 1. The van der Waals surface area contributed by atoms with Crippen molar-refractivity contribution >= 4 is 34.3 Å².